The summed E-state index contributed by atoms with van der Waals surface area (Å²) in [6.45, 7) is 5.11. The highest BCUT2D eigenvalue weighted by Crippen LogP contribution is 2.31. The molecule has 1 aliphatic rings. The molecule has 0 bridgehead atoms. The molecule has 0 spiro atoms. The predicted molar refractivity (Wildman–Crippen MR) is 179 cm³/mol. The van der Waals surface area contributed by atoms with Crippen LogP contribution in [-0.2, 0) is 19.5 Å². The summed E-state index contributed by atoms with van der Waals surface area (Å²) < 4.78 is 5.27. The van der Waals surface area contributed by atoms with E-state index >= 15 is 0 Å². The molecule has 1 saturated carbocycles. The largest absolute Gasteiger partial charge is 0.333 e. The number of nitrogens with one attached hydrogen (secondary N) is 1. The summed E-state index contributed by atoms with van der Waals surface area (Å²) in [7, 11) is 0. The Kier molecular flexibility index (Phi) is 8.17. The second-order valence-corrected chi connectivity index (χ2v) is 12.3. The molecule has 10 heteroatoms. The second-order valence-electron chi connectivity index (χ2n) is 12.3. The van der Waals surface area contributed by atoms with Gasteiger partial charge in [0.15, 0.2) is 11.2 Å². The number of nitrogens with zero attached hydrogens (tertiary/aromatic N) is 7. The lowest BCUT2D eigenvalue weighted by Crippen LogP contribution is -2.42. The third kappa shape index (κ3) is 5.71. The summed E-state index contributed by atoms with van der Waals surface area (Å²) in [6, 6.07) is 26.0. The zero-order valence-electron chi connectivity index (χ0n) is 26.3. The summed E-state index contributed by atoms with van der Waals surface area (Å²) in [4.78, 5) is 33.4. The average Bonchev–Trinajstić information content (AvgIpc) is 3.60. The fourth-order valence-electron chi connectivity index (χ4n) is 6.32. The van der Waals surface area contributed by atoms with Gasteiger partial charge in [0.05, 0.1) is 6.04 Å². The Labute approximate surface area is 266 Å². The standard InChI is InChI=1S/C36H38N8O2/c1-3-4-6-15-31-37-34-32(35(45)43(23-25-16-17-25)36(46)44(34)24(2)27-11-7-5-8-12-27)42(31)22-26-18-20-28(21-19-26)29-13-9-10-14-30(29)33-38-40-41-39-33/h5,7-14,18-21,24-25H,3-4,6,15-17,22-23H2,1-2H3,(H,38,39,40,41). The van der Waals surface area contributed by atoms with Gasteiger partial charge in [-0.3, -0.25) is 13.9 Å². The van der Waals surface area contributed by atoms with Gasteiger partial charge in [0.1, 0.15) is 5.82 Å². The number of rotatable bonds is 12. The molecule has 46 heavy (non-hydrogen) atoms. The molecule has 3 heterocycles. The lowest BCUT2D eigenvalue weighted by molar-refractivity contribution is 0.517. The van der Waals surface area contributed by atoms with Crippen LogP contribution in [0.25, 0.3) is 33.7 Å². The van der Waals surface area contributed by atoms with Crippen molar-refractivity contribution in [2.75, 3.05) is 0 Å². The minimum absolute atomic E-state index is 0.247. The van der Waals surface area contributed by atoms with Crippen molar-refractivity contribution in [2.45, 2.75) is 71.5 Å². The van der Waals surface area contributed by atoms with E-state index in [1.807, 2.05) is 61.5 Å². The number of fused-ring (bicyclic) bond motifs is 1. The summed E-state index contributed by atoms with van der Waals surface area (Å²) in [6.07, 6.45) is 5.92. The monoisotopic (exact) mass is 614 g/mol. The molecule has 3 aromatic heterocycles. The zero-order valence-corrected chi connectivity index (χ0v) is 26.3. The quantitative estimate of drug-likeness (QED) is 0.169. The first kappa shape index (κ1) is 29.6. The van der Waals surface area contributed by atoms with Gasteiger partial charge in [0, 0.05) is 25.1 Å². The van der Waals surface area contributed by atoms with E-state index in [1.165, 1.54) is 4.57 Å². The van der Waals surface area contributed by atoms with Crippen LogP contribution in [-0.4, -0.2) is 39.3 Å². The van der Waals surface area contributed by atoms with E-state index in [1.54, 1.807) is 4.57 Å². The van der Waals surface area contributed by atoms with Gasteiger partial charge in [0.25, 0.3) is 5.56 Å². The second kappa shape index (κ2) is 12.7. The Morgan fingerprint density at radius 3 is 2.33 bits per heavy atom. The van der Waals surface area contributed by atoms with E-state index in [4.69, 9.17) is 4.98 Å². The number of aryl methyl sites for hydroxylation is 1. The third-order valence-electron chi connectivity index (χ3n) is 9.07. The fraction of sp³-hybridized carbons (Fsp3) is 0.333. The van der Waals surface area contributed by atoms with E-state index in [-0.39, 0.29) is 17.3 Å². The van der Waals surface area contributed by atoms with Gasteiger partial charge in [-0.15, -0.1) is 10.2 Å². The lowest BCUT2D eigenvalue weighted by atomic mass is 9.98. The van der Waals surface area contributed by atoms with E-state index in [2.05, 4.69) is 56.4 Å². The maximum atomic E-state index is 14.2. The first-order valence-corrected chi connectivity index (χ1v) is 16.2. The number of tetrazole rings is 1. The molecule has 7 rings (SSSR count). The van der Waals surface area contributed by atoms with Gasteiger partial charge in [-0.2, -0.15) is 5.21 Å². The van der Waals surface area contributed by atoms with Gasteiger partial charge in [0.2, 0.25) is 5.82 Å². The van der Waals surface area contributed by atoms with Gasteiger partial charge in [-0.25, -0.2) is 9.78 Å². The first-order chi connectivity index (χ1) is 22.5. The highest BCUT2D eigenvalue weighted by molar-refractivity contribution is 5.80. The molecule has 0 saturated heterocycles. The van der Waals surface area contributed by atoms with Gasteiger partial charge in [-0.1, -0.05) is 98.6 Å². The van der Waals surface area contributed by atoms with Crippen LogP contribution in [0.1, 0.15) is 68.9 Å². The third-order valence-corrected chi connectivity index (χ3v) is 9.07. The van der Waals surface area contributed by atoms with Crippen molar-refractivity contribution >= 4 is 11.2 Å². The number of aromatic amines is 1. The number of aromatic nitrogens is 8. The summed E-state index contributed by atoms with van der Waals surface area (Å²) >= 11 is 0. The molecule has 0 radical (unpaired) electrons. The molecule has 6 aromatic rings. The number of hydrogen-bond acceptors (Lipinski definition) is 6. The Balaban J connectivity index is 1.34. The van der Waals surface area contributed by atoms with E-state index < -0.39 is 0 Å². The van der Waals surface area contributed by atoms with Crippen LogP contribution in [0, 0.1) is 5.92 Å². The summed E-state index contributed by atoms with van der Waals surface area (Å²) in [5.74, 6) is 1.75. The Morgan fingerprint density at radius 1 is 0.891 bits per heavy atom. The topological polar surface area (TPSA) is 116 Å². The molecule has 1 fully saturated rings. The molecule has 0 aliphatic heterocycles. The minimum Gasteiger partial charge on any atom is -0.318 e. The highest BCUT2D eigenvalue weighted by atomic mass is 16.2. The lowest BCUT2D eigenvalue weighted by Gasteiger charge is -2.18. The first-order valence-electron chi connectivity index (χ1n) is 16.2. The van der Waals surface area contributed by atoms with Crippen molar-refractivity contribution in [3.05, 3.63) is 117 Å². The van der Waals surface area contributed by atoms with Crippen LogP contribution in [0.3, 0.4) is 0 Å². The van der Waals surface area contributed by atoms with Crippen molar-refractivity contribution < 1.29 is 0 Å². The highest BCUT2D eigenvalue weighted by Gasteiger charge is 2.28. The van der Waals surface area contributed by atoms with Crippen LogP contribution in [0.2, 0.25) is 0 Å². The van der Waals surface area contributed by atoms with Crippen molar-refractivity contribution in [3.8, 4) is 22.5 Å². The van der Waals surface area contributed by atoms with E-state index in [9.17, 15) is 9.59 Å². The maximum absolute atomic E-state index is 14.2. The Morgan fingerprint density at radius 2 is 1.63 bits per heavy atom. The van der Waals surface area contributed by atoms with Crippen LogP contribution in [0.5, 0.6) is 0 Å². The average molecular weight is 615 g/mol. The molecule has 1 aliphatic carbocycles. The minimum atomic E-state index is -0.285. The maximum Gasteiger partial charge on any atom is 0.333 e. The smallest absolute Gasteiger partial charge is 0.318 e. The van der Waals surface area contributed by atoms with Gasteiger partial charge < -0.3 is 4.57 Å². The fourth-order valence-corrected chi connectivity index (χ4v) is 6.32. The van der Waals surface area contributed by atoms with Crippen molar-refractivity contribution in [2.24, 2.45) is 5.92 Å². The summed E-state index contributed by atoms with van der Waals surface area (Å²) in [5.41, 5.74) is 5.41. The van der Waals surface area contributed by atoms with Crippen molar-refractivity contribution in [3.63, 3.8) is 0 Å². The normalized spacial score (nSPS) is 13.8. The SMILES string of the molecule is CCCCCc1nc2c(c(=O)n(CC3CC3)c(=O)n2C(C)c2ccccc2)n1Cc1ccc(-c2ccccc2-c2nn[nH]n2)cc1. The van der Waals surface area contributed by atoms with Crippen molar-refractivity contribution in [1.82, 2.24) is 39.3 Å². The number of H-pyrrole nitrogens is 1. The molecule has 10 nitrogen and oxygen atoms in total. The van der Waals surface area contributed by atoms with Crippen LogP contribution >= 0.6 is 0 Å². The van der Waals surface area contributed by atoms with Gasteiger partial charge in [-0.05, 0) is 59.6 Å². The molecule has 0 amide bonds. The molecule has 1 N–H and O–H groups in total. The van der Waals surface area contributed by atoms with Crippen LogP contribution in [0.4, 0.5) is 0 Å². The Bertz CT molecular complexity index is 2070. The zero-order chi connectivity index (χ0) is 31.6. The molecular weight excluding hydrogens is 576 g/mol. The van der Waals surface area contributed by atoms with Crippen LogP contribution in [0.15, 0.2) is 88.5 Å². The number of hydrogen-bond donors (Lipinski definition) is 1. The molecule has 234 valence electrons. The number of imidazole rings is 1. The van der Waals surface area contributed by atoms with E-state index in [0.717, 1.165) is 72.2 Å². The molecular formula is C36H38N8O2. The number of benzene rings is 3. The molecule has 1 atom stereocenters. The van der Waals surface area contributed by atoms with Gasteiger partial charge >= 0.3 is 5.69 Å². The van der Waals surface area contributed by atoms with Crippen molar-refractivity contribution in [1.29, 1.82) is 0 Å². The van der Waals surface area contributed by atoms with Crippen LogP contribution < -0.4 is 11.2 Å². The molecule has 1 unspecified atom stereocenters. The Hall–Kier alpha value is -5.12. The van der Waals surface area contributed by atoms with E-state index in [0.29, 0.717) is 36.0 Å². The molecule has 3 aromatic carbocycles. The predicted octanol–water partition coefficient (Wildman–Crippen LogP) is 6.01. The number of unbranched alkanes of at least 4 members (excludes halogenated alkanes) is 2. The summed E-state index contributed by atoms with van der Waals surface area (Å²) in [5, 5.41) is 14.6.